The third-order valence-electron chi connectivity index (χ3n) is 4.58. The van der Waals surface area contributed by atoms with Crippen LogP contribution in [0.4, 0.5) is 5.95 Å². The summed E-state index contributed by atoms with van der Waals surface area (Å²) in [7, 11) is 0. The first-order valence-electron chi connectivity index (χ1n) is 8.14. The first kappa shape index (κ1) is 15.4. The summed E-state index contributed by atoms with van der Waals surface area (Å²) in [5.41, 5.74) is 1.45. The number of carbonyl (C=O) groups is 1. The predicted molar refractivity (Wildman–Crippen MR) is 93.0 cm³/mol. The number of fused-ring (bicyclic) bond motifs is 2. The highest BCUT2D eigenvalue weighted by molar-refractivity contribution is 6.05. The number of carboxylic acid groups (broad SMARTS) is 1. The second kappa shape index (κ2) is 5.77. The number of benzene rings is 2. The Morgan fingerprint density at radius 2 is 1.92 bits per heavy atom. The summed E-state index contributed by atoms with van der Waals surface area (Å²) in [6.45, 7) is 3.87. The van der Waals surface area contributed by atoms with E-state index in [0.717, 1.165) is 16.3 Å². The summed E-state index contributed by atoms with van der Waals surface area (Å²) in [4.78, 5) is 16.5. The quantitative estimate of drug-likeness (QED) is 0.794. The smallest absolute Gasteiger partial charge is 0.314 e. The first-order valence-corrected chi connectivity index (χ1v) is 8.14. The number of tetrazole rings is 1. The molecular weight excluding hydrogens is 318 g/mol. The zero-order valence-electron chi connectivity index (χ0n) is 13.9. The Labute approximate surface area is 144 Å². The van der Waals surface area contributed by atoms with Crippen molar-refractivity contribution >= 4 is 28.4 Å². The minimum absolute atomic E-state index is 0.0190. The fourth-order valence-corrected chi connectivity index (χ4v) is 3.41. The Bertz CT molecular complexity index is 992. The van der Waals surface area contributed by atoms with E-state index in [1.54, 1.807) is 0 Å². The van der Waals surface area contributed by atoms with Gasteiger partial charge in [0.05, 0.1) is 0 Å². The van der Waals surface area contributed by atoms with Crippen molar-refractivity contribution in [3.05, 3.63) is 48.0 Å². The molecule has 1 aliphatic rings. The summed E-state index contributed by atoms with van der Waals surface area (Å²) in [5, 5.41) is 23.7. The van der Waals surface area contributed by atoms with Crippen molar-refractivity contribution in [3.8, 4) is 0 Å². The Kier molecular flexibility index (Phi) is 3.56. The molecule has 0 saturated heterocycles. The van der Waals surface area contributed by atoms with Gasteiger partial charge in [-0.15, -0.1) is 0 Å². The predicted octanol–water partition coefficient (Wildman–Crippen LogP) is 2.86. The Hall–Kier alpha value is -3.09. The number of aliphatic carboxylic acids is 1. The molecule has 25 heavy (non-hydrogen) atoms. The fraction of sp³-hybridized carbons (Fsp3) is 0.278. The van der Waals surface area contributed by atoms with Crippen LogP contribution in [0.15, 0.2) is 47.5 Å². The maximum absolute atomic E-state index is 12.1. The minimum atomic E-state index is -0.924. The van der Waals surface area contributed by atoms with E-state index in [4.69, 9.17) is 0 Å². The molecule has 7 nitrogen and oxygen atoms in total. The largest absolute Gasteiger partial charge is 0.481 e. The lowest BCUT2D eigenvalue weighted by molar-refractivity contribution is -0.140. The molecule has 2 unspecified atom stereocenters. The van der Waals surface area contributed by atoms with Gasteiger partial charge in [0.25, 0.3) is 5.95 Å². The Morgan fingerprint density at radius 3 is 2.64 bits per heavy atom. The molecule has 0 amide bonds. The minimum Gasteiger partial charge on any atom is -0.481 e. The van der Waals surface area contributed by atoms with Gasteiger partial charge in [-0.25, -0.2) is 9.67 Å². The summed E-state index contributed by atoms with van der Waals surface area (Å²) >= 11 is 0. The lowest BCUT2D eigenvalue weighted by atomic mass is 9.83. The van der Waals surface area contributed by atoms with Crippen molar-refractivity contribution in [1.82, 2.24) is 20.2 Å². The van der Waals surface area contributed by atoms with Gasteiger partial charge in [0.15, 0.2) is 0 Å². The van der Waals surface area contributed by atoms with Gasteiger partial charge in [0.2, 0.25) is 0 Å². The molecule has 7 heteroatoms. The van der Waals surface area contributed by atoms with Crippen molar-refractivity contribution < 1.29 is 9.90 Å². The number of carboxylic acids is 1. The summed E-state index contributed by atoms with van der Waals surface area (Å²) in [5.74, 6) is -1.40. The second-order valence-corrected chi connectivity index (χ2v) is 6.48. The monoisotopic (exact) mass is 335 g/mol. The summed E-state index contributed by atoms with van der Waals surface area (Å²) in [6.07, 6.45) is 0. The van der Waals surface area contributed by atoms with E-state index >= 15 is 0 Å². The highest BCUT2D eigenvalue weighted by atomic mass is 16.4. The zero-order valence-corrected chi connectivity index (χ0v) is 13.9. The normalized spacial score (nSPS) is 19.7. The number of nitrogens with zero attached hydrogens (tertiary/aromatic N) is 5. The van der Waals surface area contributed by atoms with E-state index < -0.39 is 17.9 Å². The Morgan fingerprint density at radius 1 is 1.16 bits per heavy atom. The maximum atomic E-state index is 12.1. The van der Waals surface area contributed by atoms with Gasteiger partial charge in [-0.05, 0) is 38.7 Å². The molecular formula is C18H17N5O2. The third-order valence-corrected chi connectivity index (χ3v) is 4.58. The van der Waals surface area contributed by atoms with Gasteiger partial charge in [-0.1, -0.05) is 55.3 Å². The average Bonchev–Trinajstić information content (AvgIpc) is 3.07. The van der Waals surface area contributed by atoms with Crippen LogP contribution in [0, 0.1) is 11.8 Å². The molecule has 126 valence electrons. The van der Waals surface area contributed by atoms with Gasteiger partial charge >= 0.3 is 5.97 Å². The molecule has 3 aromatic rings. The molecule has 1 aromatic heterocycles. The van der Waals surface area contributed by atoms with Crippen molar-refractivity contribution in [2.75, 3.05) is 0 Å². The number of hydrogen-bond acceptors (Lipinski definition) is 5. The highest BCUT2D eigenvalue weighted by Crippen LogP contribution is 2.37. The molecule has 2 heterocycles. The van der Waals surface area contributed by atoms with E-state index in [9.17, 15) is 9.90 Å². The van der Waals surface area contributed by atoms with Gasteiger partial charge in [-0.3, -0.25) is 4.79 Å². The lowest BCUT2D eigenvalue weighted by Gasteiger charge is -2.30. The van der Waals surface area contributed by atoms with E-state index in [2.05, 4.69) is 20.5 Å². The molecule has 0 fully saturated rings. The number of aliphatic imine (C=N–C) groups is 1. The number of rotatable bonds is 3. The van der Waals surface area contributed by atoms with Crippen molar-refractivity contribution in [1.29, 1.82) is 0 Å². The average molecular weight is 335 g/mol. The first-order chi connectivity index (χ1) is 12.1. The van der Waals surface area contributed by atoms with Crippen LogP contribution in [0.2, 0.25) is 0 Å². The lowest BCUT2D eigenvalue weighted by Crippen LogP contribution is -2.39. The van der Waals surface area contributed by atoms with Gasteiger partial charge < -0.3 is 5.11 Å². The van der Waals surface area contributed by atoms with Crippen LogP contribution in [0.3, 0.4) is 0 Å². The van der Waals surface area contributed by atoms with Crippen LogP contribution < -0.4 is 0 Å². The van der Waals surface area contributed by atoms with Gasteiger partial charge in [-0.2, -0.15) is 0 Å². The molecule has 0 spiro atoms. The topological polar surface area (TPSA) is 93.3 Å². The molecule has 2 atom stereocenters. The SMILES string of the molecule is CC(C)C1=Nc2nnnn2C(c2ccc3ccccc3c2)C1C(=O)O. The van der Waals surface area contributed by atoms with E-state index in [-0.39, 0.29) is 5.92 Å². The van der Waals surface area contributed by atoms with Crippen LogP contribution in [0.1, 0.15) is 25.5 Å². The third kappa shape index (κ3) is 2.48. The van der Waals surface area contributed by atoms with Crippen LogP contribution >= 0.6 is 0 Å². The molecule has 0 aliphatic carbocycles. The van der Waals surface area contributed by atoms with E-state index in [0.29, 0.717) is 11.7 Å². The molecule has 1 aliphatic heterocycles. The molecule has 0 saturated carbocycles. The van der Waals surface area contributed by atoms with Crippen molar-refractivity contribution in [2.45, 2.75) is 19.9 Å². The maximum Gasteiger partial charge on any atom is 0.314 e. The van der Waals surface area contributed by atoms with Gasteiger partial charge in [0.1, 0.15) is 12.0 Å². The molecule has 4 rings (SSSR count). The molecule has 0 bridgehead atoms. The van der Waals surface area contributed by atoms with Crippen molar-refractivity contribution in [3.63, 3.8) is 0 Å². The van der Waals surface area contributed by atoms with Crippen LogP contribution in [-0.2, 0) is 4.79 Å². The number of hydrogen-bond donors (Lipinski definition) is 1. The standard InChI is InChI=1S/C18H17N5O2/c1-10(2)15-14(17(24)25)16(23-18(19-15)20-21-22-23)13-8-7-11-5-3-4-6-12(11)9-13/h3-10,14,16H,1-2H3,(H,24,25). The Balaban J connectivity index is 1.93. The summed E-state index contributed by atoms with van der Waals surface area (Å²) in [6, 6.07) is 13.4. The van der Waals surface area contributed by atoms with E-state index in [1.165, 1.54) is 4.68 Å². The molecule has 0 radical (unpaired) electrons. The second-order valence-electron chi connectivity index (χ2n) is 6.48. The summed E-state index contributed by atoms with van der Waals surface area (Å²) < 4.78 is 1.51. The van der Waals surface area contributed by atoms with Crippen LogP contribution in [0.25, 0.3) is 10.8 Å². The van der Waals surface area contributed by atoms with Crippen LogP contribution in [0.5, 0.6) is 0 Å². The number of aromatic nitrogens is 4. The molecule has 1 N–H and O–H groups in total. The zero-order chi connectivity index (χ0) is 17.6. The van der Waals surface area contributed by atoms with Crippen molar-refractivity contribution in [2.24, 2.45) is 16.8 Å². The fourth-order valence-electron chi connectivity index (χ4n) is 3.41. The van der Waals surface area contributed by atoms with Gasteiger partial charge in [0, 0.05) is 5.71 Å². The van der Waals surface area contributed by atoms with E-state index in [1.807, 2.05) is 56.3 Å². The highest BCUT2D eigenvalue weighted by Gasteiger charge is 2.41. The van der Waals surface area contributed by atoms with Crippen LogP contribution in [-0.4, -0.2) is 37.0 Å². The molecule has 2 aromatic carbocycles.